The minimum Gasteiger partial charge on any atom is -0.497 e. The average Bonchev–Trinajstić information content (AvgIpc) is 3.08. The fourth-order valence-electron chi connectivity index (χ4n) is 3.91. The van der Waals surface area contributed by atoms with Crippen molar-refractivity contribution >= 4 is 28.8 Å². The highest BCUT2D eigenvalue weighted by Gasteiger charge is 2.41. The van der Waals surface area contributed by atoms with Crippen molar-refractivity contribution < 1.29 is 19.1 Å². The van der Waals surface area contributed by atoms with Crippen LogP contribution in [-0.4, -0.2) is 26.0 Å². The van der Waals surface area contributed by atoms with Crippen LogP contribution >= 0.6 is 0 Å². The van der Waals surface area contributed by atoms with Crippen molar-refractivity contribution in [2.24, 2.45) is 0 Å². The first-order valence-corrected chi connectivity index (χ1v) is 11.0. The van der Waals surface area contributed by atoms with Crippen molar-refractivity contribution in [1.29, 1.82) is 0 Å². The molecule has 0 spiro atoms. The Morgan fingerprint density at radius 3 is 2.00 bits per heavy atom. The molecule has 0 fully saturated rings. The summed E-state index contributed by atoms with van der Waals surface area (Å²) in [5.41, 5.74) is 3.26. The highest BCUT2D eigenvalue weighted by Crippen LogP contribution is 2.38. The van der Waals surface area contributed by atoms with Gasteiger partial charge >= 0.3 is 0 Å². The number of methoxy groups -OCH3 is 2. The van der Waals surface area contributed by atoms with Crippen molar-refractivity contribution in [3.05, 3.63) is 89.6 Å². The van der Waals surface area contributed by atoms with Crippen molar-refractivity contribution in [2.45, 2.75) is 26.2 Å². The van der Waals surface area contributed by atoms with Gasteiger partial charge in [0.25, 0.3) is 11.8 Å². The molecule has 3 aromatic carbocycles. The molecule has 1 N–H and O–H groups in total. The number of rotatable bonds is 6. The fraction of sp³-hybridized carbons (Fsp3) is 0.214. The van der Waals surface area contributed by atoms with Gasteiger partial charge in [0.05, 0.1) is 25.5 Å². The third-order valence-electron chi connectivity index (χ3n) is 5.81. The van der Waals surface area contributed by atoms with E-state index in [0.717, 1.165) is 5.56 Å². The molecule has 0 saturated carbocycles. The van der Waals surface area contributed by atoms with Crippen LogP contribution in [0.5, 0.6) is 11.5 Å². The summed E-state index contributed by atoms with van der Waals surface area (Å²) in [7, 11) is 3.13. The minimum atomic E-state index is -0.426. The van der Waals surface area contributed by atoms with E-state index in [1.165, 1.54) is 4.90 Å². The summed E-state index contributed by atoms with van der Waals surface area (Å²) in [4.78, 5) is 28.5. The number of carbonyl (C=O) groups excluding carboxylic acids is 2. The van der Waals surface area contributed by atoms with Gasteiger partial charge in [-0.2, -0.15) is 0 Å². The maximum atomic E-state index is 13.7. The molecule has 2 amide bonds. The molecule has 0 radical (unpaired) electrons. The molecule has 0 aromatic heterocycles. The number of hydrogen-bond donors (Lipinski definition) is 1. The molecule has 3 aromatic rings. The molecular formula is C28H28N2O4. The Kier molecular flexibility index (Phi) is 6.16. The van der Waals surface area contributed by atoms with Crippen LogP contribution in [0.25, 0.3) is 5.57 Å². The highest BCUT2D eigenvalue weighted by molar-refractivity contribution is 6.46. The van der Waals surface area contributed by atoms with Crippen LogP contribution in [0.4, 0.5) is 11.4 Å². The van der Waals surface area contributed by atoms with Crippen molar-refractivity contribution in [2.75, 3.05) is 24.4 Å². The summed E-state index contributed by atoms with van der Waals surface area (Å²) in [6.45, 7) is 6.35. The fourth-order valence-corrected chi connectivity index (χ4v) is 3.91. The summed E-state index contributed by atoms with van der Waals surface area (Å²) in [5, 5.41) is 3.16. The summed E-state index contributed by atoms with van der Waals surface area (Å²) < 4.78 is 10.7. The number of nitrogens with zero attached hydrogens (tertiary/aromatic N) is 1. The second-order valence-corrected chi connectivity index (χ2v) is 9.05. The van der Waals surface area contributed by atoms with E-state index in [9.17, 15) is 9.59 Å². The number of hydrogen-bond acceptors (Lipinski definition) is 5. The van der Waals surface area contributed by atoms with E-state index in [4.69, 9.17) is 9.47 Å². The lowest BCUT2D eigenvalue weighted by Crippen LogP contribution is -2.32. The molecule has 34 heavy (non-hydrogen) atoms. The zero-order chi connectivity index (χ0) is 24.5. The van der Waals surface area contributed by atoms with Gasteiger partial charge in [0.2, 0.25) is 0 Å². The molecule has 4 rings (SSSR count). The Hall–Kier alpha value is -4.06. The first-order chi connectivity index (χ1) is 16.2. The van der Waals surface area contributed by atoms with E-state index in [-0.39, 0.29) is 16.7 Å². The highest BCUT2D eigenvalue weighted by atomic mass is 16.5. The maximum Gasteiger partial charge on any atom is 0.282 e. The van der Waals surface area contributed by atoms with Crippen LogP contribution in [0.2, 0.25) is 0 Å². The Morgan fingerprint density at radius 2 is 1.41 bits per heavy atom. The molecule has 1 aliphatic heterocycles. The van der Waals surface area contributed by atoms with E-state index >= 15 is 0 Å². The van der Waals surface area contributed by atoms with Crippen LogP contribution in [-0.2, 0) is 15.0 Å². The topological polar surface area (TPSA) is 67.9 Å². The van der Waals surface area contributed by atoms with Crippen molar-refractivity contribution in [3.8, 4) is 11.5 Å². The molecule has 1 aliphatic rings. The molecule has 0 saturated heterocycles. The van der Waals surface area contributed by atoms with E-state index < -0.39 is 11.8 Å². The molecule has 6 heteroatoms. The maximum absolute atomic E-state index is 13.7. The number of benzene rings is 3. The van der Waals surface area contributed by atoms with E-state index in [1.54, 1.807) is 50.6 Å². The van der Waals surface area contributed by atoms with E-state index in [1.807, 2.05) is 36.4 Å². The quantitative estimate of drug-likeness (QED) is 0.503. The predicted octanol–water partition coefficient (Wildman–Crippen LogP) is 5.40. The lowest BCUT2D eigenvalue weighted by atomic mass is 9.87. The number of imide groups is 1. The Bertz CT molecular complexity index is 1250. The standard InChI is InChI=1S/C28H28N2O4/c1-28(2,3)18-10-14-20(15-11-18)30-26(31)24(22-8-6-7-9-23(22)34-5)25(27(30)32)29-19-12-16-21(33-4)17-13-19/h6-17,29H,1-5H3. The normalized spacial score (nSPS) is 14.0. The molecule has 6 nitrogen and oxygen atoms in total. The largest absolute Gasteiger partial charge is 0.497 e. The van der Waals surface area contributed by atoms with Gasteiger partial charge in [-0.3, -0.25) is 9.59 Å². The van der Waals surface area contributed by atoms with Gasteiger partial charge in [-0.25, -0.2) is 4.90 Å². The van der Waals surface area contributed by atoms with Gasteiger partial charge in [-0.1, -0.05) is 51.1 Å². The van der Waals surface area contributed by atoms with Crippen LogP contribution in [0.15, 0.2) is 78.5 Å². The molecule has 0 bridgehead atoms. The monoisotopic (exact) mass is 456 g/mol. The zero-order valence-electron chi connectivity index (χ0n) is 20.0. The Balaban J connectivity index is 1.80. The zero-order valence-corrected chi connectivity index (χ0v) is 20.0. The average molecular weight is 457 g/mol. The first-order valence-electron chi connectivity index (χ1n) is 11.0. The number of amides is 2. The summed E-state index contributed by atoms with van der Waals surface area (Å²) in [6.07, 6.45) is 0. The number of anilines is 2. The van der Waals surface area contributed by atoms with Crippen LogP contribution in [0, 0.1) is 0 Å². The SMILES string of the molecule is COc1ccc(NC2=C(c3ccccc3OC)C(=O)N(c3ccc(C(C)(C)C)cc3)C2=O)cc1. The lowest BCUT2D eigenvalue weighted by Gasteiger charge is -2.21. The van der Waals surface area contributed by atoms with Crippen molar-refractivity contribution in [1.82, 2.24) is 0 Å². The lowest BCUT2D eigenvalue weighted by molar-refractivity contribution is -0.120. The van der Waals surface area contributed by atoms with Crippen LogP contribution < -0.4 is 19.7 Å². The molecule has 0 aliphatic carbocycles. The van der Waals surface area contributed by atoms with Gasteiger partial charge in [-0.15, -0.1) is 0 Å². The molecular weight excluding hydrogens is 428 g/mol. The van der Waals surface area contributed by atoms with E-state index in [2.05, 4.69) is 26.1 Å². The molecule has 0 atom stereocenters. The van der Waals surface area contributed by atoms with Gasteiger partial charge in [0, 0.05) is 11.3 Å². The summed E-state index contributed by atoms with van der Waals surface area (Å²) >= 11 is 0. The molecule has 174 valence electrons. The number of para-hydroxylation sites is 1. The number of carbonyl (C=O) groups is 2. The van der Waals surface area contributed by atoms with E-state index in [0.29, 0.717) is 28.4 Å². The van der Waals surface area contributed by atoms with Crippen LogP contribution in [0.1, 0.15) is 31.9 Å². The third kappa shape index (κ3) is 4.27. The Morgan fingerprint density at radius 1 is 0.765 bits per heavy atom. The third-order valence-corrected chi connectivity index (χ3v) is 5.81. The second-order valence-electron chi connectivity index (χ2n) is 9.05. The van der Waals surface area contributed by atoms with Gasteiger partial charge in [0.15, 0.2) is 0 Å². The number of nitrogens with one attached hydrogen (secondary N) is 1. The first kappa shape index (κ1) is 23.1. The second kappa shape index (κ2) is 9.06. The minimum absolute atomic E-state index is 0.0422. The van der Waals surface area contributed by atoms with Gasteiger partial charge in [-0.05, 0) is 53.4 Å². The Labute approximate surface area is 199 Å². The van der Waals surface area contributed by atoms with Crippen molar-refractivity contribution in [3.63, 3.8) is 0 Å². The van der Waals surface area contributed by atoms with Crippen LogP contribution in [0.3, 0.4) is 0 Å². The predicted molar refractivity (Wildman–Crippen MR) is 134 cm³/mol. The van der Waals surface area contributed by atoms with Gasteiger partial charge in [0.1, 0.15) is 17.2 Å². The number of ether oxygens (including phenoxy) is 2. The molecule has 1 heterocycles. The smallest absolute Gasteiger partial charge is 0.282 e. The molecule has 0 unspecified atom stereocenters. The summed E-state index contributed by atoms with van der Waals surface area (Å²) in [5.74, 6) is 0.371. The summed E-state index contributed by atoms with van der Waals surface area (Å²) in [6, 6.07) is 21.9. The van der Waals surface area contributed by atoms with Gasteiger partial charge < -0.3 is 14.8 Å².